The molecule has 3 heteroatoms. The van der Waals surface area contributed by atoms with Crippen molar-refractivity contribution in [3.8, 4) is 0 Å². The van der Waals surface area contributed by atoms with E-state index < -0.39 is 0 Å². The molecule has 1 aliphatic rings. The summed E-state index contributed by atoms with van der Waals surface area (Å²) in [5.74, 6) is -0.0637. The fourth-order valence-corrected chi connectivity index (χ4v) is 3.23. The van der Waals surface area contributed by atoms with E-state index in [0.29, 0.717) is 18.4 Å². The van der Waals surface area contributed by atoms with Gasteiger partial charge in [0.15, 0.2) is 0 Å². The first-order valence-electron chi connectivity index (χ1n) is 6.84. The van der Waals surface area contributed by atoms with E-state index >= 15 is 0 Å². The van der Waals surface area contributed by atoms with Gasteiger partial charge in [-0.2, -0.15) is 0 Å². The van der Waals surface area contributed by atoms with Gasteiger partial charge in [-0.3, -0.25) is 4.79 Å². The van der Waals surface area contributed by atoms with Gasteiger partial charge < -0.3 is 10.1 Å². The largest absolute Gasteiger partial charge is 0.466 e. The molecule has 0 amide bonds. The van der Waals surface area contributed by atoms with E-state index in [1.165, 1.54) is 12.8 Å². The van der Waals surface area contributed by atoms with Crippen molar-refractivity contribution in [2.75, 3.05) is 13.2 Å². The Kier molecular flexibility index (Phi) is 4.99. The molecule has 100 valence electrons. The van der Waals surface area contributed by atoms with Crippen molar-refractivity contribution in [3.05, 3.63) is 0 Å². The van der Waals surface area contributed by atoms with Crippen molar-refractivity contribution < 1.29 is 9.53 Å². The van der Waals surface area contributed by atoms with Crippen LogP contribution < -0.4 is 5.32 Å². The van der Waals surface area contributed by atoms with Crippen LogP contribution in [0.15, 0.2) is 0 Å². The zero-order chi connectivity index (χ0) is 12.9. The second-order valence-electron chi connectivity index (χ2n) is 5.99. The second-order valence-corrected chi connectivity index (χ2v) is 5.99. The lowest BCUT2D eigenvalue weighted by Gasteiger charge is -2.45. The van der Waals surface area contributed by atoms with Crippen LogP contribution in [-0.4, -0.2) is 24.7 Å². The fourth-order valence-electron chi connectivity index (χ4n) is 3.23. The third-order valence-corrected chi connectivity index (χ3v) is 3.67. The Bertz CT molecular complexity index is 259. The van der Waals surface area contributed by atoms with Crippen molar-refractivity contribution in [2.45, 2.75) is 65.3 Å². The Morgan fingerprint density at radius 2 is 2.00 bits per heavy atom. The summed E-state index contributed by atoms with van der Waals surface area (Å²) in [6.07, 6.45) is 5.11. The molecule has 1 N–H and O–H groups in total. The van der Waals surface area contributed by atoms with E-state index in [-0.39, 0.29) is 11.5 Å². The molecule has 0 heterocycles. The minimum atomic E-state index is -0.0637. The van der Waals surface area contributed by atoms with Crippen LogP contribution in [0.3, 0.4) is 0 Å². The Morgan fingerprint density at radius 3 is 2.53 bits per heavy atom. The molecule has 17 heavy (non-hydrogen) atoms. The van der Waals surface area contributed by atoms with E-state index in [2.05, 4.69) is 26.1 Å². The van der Waals surface area contributed by atoms with Gasteiger partial charge in [-0.1, -0.05) is 27.2 Å². The van der Waals surface area contributed by atoms with Crippen molar-refractivity contribution in [2.24, 2.45) is 5.41 Å². The van der Waals surface area contributed by atoms with Crippen LogP contribution in [0.2, 0.25) is 0 Å². The molecule has 0 aromatic carbocycles. The first-order chi connectivity index (χ1) is 7.93. The first-order valence-corrected chi connectivity index (χ1v) is 6.84. The number of hydrogen-bond acceptors (Lipinski definition) is 3. The van der Waals surface area contributed by atoms with E-state index in [4.69, 9.17) is 4.74 Å². The summed E-state index contributed by atoms with van der Waals surface area (Å²) in [5, 5.41) is 3.54. The van der Waals surface area contributed by atoms with Crippen LogP contribution >= 0.6 is 0 Å². The van der Waals surface area contributed by atoms with Gasteiger partial charge in [0.1, 0.15) is 0 Å². The first kappa shape index (κ1) is 14.5. The monoisotopic (exact) mass is 241 g/mol. The smallest absolute Gasteiger partial charge is 0.307 e. The normalized spacial score (nSPS) is 27.8. The SMILES string of the molecule is CCNC1(CC(=O)OCC)CCCC(C)(C)C1. The molecule has 1 saturated carbocycles. The number of nitrogens with one attached hydrogen (secondary N) is 1. The second kappa shape index (κ2) is 5.85. The third kappa shape index (κ3) is 4.30. The van der Waals surface area contributed by atoms with Gasteiger partial charge in [0.05, 0.1) is 13.0 Å². The summed E-state index contributed by atoms with van der Waals surface area (Å²) in [6.45, 7) is 9.95. The topological polar surface area (TPSA) is 38.3 Å². The Labute approximate surface area is 105 Å². The summed E-state index contributed by atoms with van der Waals surface area (Å²) in [7, 11) is 0. The molecular formula is C14H27NO2. The average Bonchev–Trinajstić information content (AvgIpc) is 2.15. The minimum Gasteiger partial charge on any atom is -0.466 e. The predicted octanol–water partition coefficient (Wildman–Crippen LogP) is 2.89. The maximum absolute atomic E-state index is 11.7. The fraction of sp³-hybridized carbons (Fsp3) is 0.929. The maximum Gasteiger partial charge on any atom is 0.307 e. The molecule has 0 radical (unpaired) electrons. The van der Waals surface area contributed by atoms with Crippen LogP contribution in [0.5, 0.6) is 0 Å². The lowest BCUT2D eigenvalue weighted by atomic mass is 9.67. The van der Waals surface area contributed by atoms with Gasteiger partial charge in [0.2, 0.25) is 0 Å². The standard InChI is InChI=1S/C14H27NO2/c1-5-15-14(10-12(16)17-6-2)9-7-8-13(3,4)11-14/h15H,5-11H2,1-4H3. The maximum atomic E-state index is 11.7. The van der Waals surface area contributed by atoms with Crippen molar-refractivity contribution in [1.82, 2.24) is 5.32 Å². The molecule has 1 atom stereocenters. The van der Waals surface area contributed by atoms with Gasteiger partial charge in [-0.05, 0) is 38.1 Å². The molecule has 0 aliphatic heterocycles. The quantitative estimate of drug-likeness (QED) is 0.752. The number of esters is 1. The Hall–Kier alpha value is -0.570. The van der Waals surface area contributed by atoms with Crippen LogP contribution in [-0.2, 0) is 9.53 Å². The van der Waals surface area contributed by atoms with Crippen molar-refractivity contribution in [1.29, 1.82) is 0 Å². The molecule has 1 aliphatic carbocycles. The molecule has 1 fully saturated rings. The summed E-state index contributed by atoms with van der Waals surface area (Å²) < 4.78 is 5.11. The van der Waals surface area contributed by atoms with Crippen LogP contribution in [0, 0.1) is 5.41 Å². The molecule has 1 unspecified atom stereocenters. The summed E-state index contributed by atoms with van der Waals surface area (Å²) in [4.78, 5) is 11.7. The lowest BCUT2D eigenvalue weighted by molar-refractivity contribution is -0.145. The third-order valence-electron chi connectivity index (χ3n) is 3.67. The molecule has 0 bridgehead atoms. The molecule has 0 aromatic rings. The number of carbonyl (C=O) groups excluding carboxylic acids is 1. The predicted molar refractivity (Wildman–Crippen MR) is 69.9 cm³/mol. The summed E-state index contributed by atoms with van der Waals surface area (Å²) >= 11 is 0. The van der Waals surface area contributed by atoms with Crippen LogP contribution in [0.25, 0.3) is 0 Å². The van der Waals surface area contributed by atoms with Gasteiger partial charge in [0, 0.05) is 5.54 Å². The zero-order valence-corrected chi connectivity index (χ0v) is 11.8. The molecule has 3 nitrogen and oxygen atoms in total. The highest BCUT2D eigenvalue weighted by atomic mass is 16.5. The van der Waals surface area contributed by atoms with Gasteiger partial charge in [0.25, 0.3) is 0 Å². The Balaban J connectivity index is 2.71. The minimum absolute atomic E-state index is 0.0389. The highest BCUT2D eigenvalue weighted by Gasteiger charge is 2.41. The highest BCUT2D eigenvalue weighted by molar-refractivity contribution is 5.71. The number of carbonyl (C=O) groups is 1. The molecule has 0 saturated heterocycles. The van der Waals surface area contributed by atoms with Gasteiger partial charge >= 0.3 is 5.97 Å². The number of ether oxygens (including phenoxy) is 1. The number of hydrogen-bond donors (Lipinski definition) is 1. The van der Waals surface area contributed by atoms with Gasteiger partial charge in [-0.25, -0.2) is 0 Å². The van der Waals surface area contributed by atoms with Crippen molar-refractivity contribution >= 4 is 5.97 Å². The molecular weight excluding hydrogens is 214 g/mol. The molecule has 1 rings (SSSR count). The van der Waals surface area contributed by atoms with Crippen molar-refractivity contribution in [3.63, 3.8) is 0 Å². The van der Waals surface area contributed by atoms with E-state index in [0.717, 1.165) is 19.4 Å². The number of rotatable bonds is 5. The van der Waals surface area contributed by atoms with E-state index in [1.54, 1.807) is 0 Å². The van der Waals surface area contributed by atoms with Gasteiger partial charge in [-0.15, -0.1) is 0 Å². The van der Waals surface area contributed by atoms with E-state index in [1.807, 2.05) is 6.92 Å². The highest BCUT2D eigenvalue weighted by Crippen LogP contribution is 2.42. The molecule has 0 spiro atoms. The Morgan fingerprint density at radius 1 is 1.29 bits per heavy atom. The molecule has 0 aromatic heterocycles. The summed E-state index contributed by atoms with van der Waals surface area (Å²) in [6, 6.07) is 0. The summed E-state index contributed by atoms with van der Waals surface area (Å²) in [5.41, 5.74) is 0.287. The zero-order valence-electron chi connectivity index (χ0n) is 11.8. The van der Waals surface area contributed by atoms with Crippen LogP contribution in [0.4, 0.5) is 0 Å². The van der Waals surface area contributed by atoms with E-state index in [9.17, 15) is 4.79 Å². The average molecular weight is 241 g/mol. The lowest BCUT2D eigenvalue weighted by Crippen LogP contribution is -2.52. The van der Waals surface area contributed by atoms with Crippen LogP contribution in [0.1, 0.15) is 59.8 Å².